The Bertz CT molecular complexity index is 635. The Labute approximate surface area is 134 Å². The van der Waals surface area contributed by atoms with Crippen LogP contribution in [-0.4, -0.2) is 42.0 Å². The lowest BCUT2D eigenvalue weighted by Crippen LogP contribution is -2.50. The summed E-state index contributed by atoms with van der Waals surface area (Å²) in [6.07, 6.45) is 0. The molecule has 2 heterocycles. The largest absolute Gasteiger partial charge is 0.368 e. The number of amides is 1. The van der Waals surface area contributed by atoms with Crippen molar-refractivity contribution in [2.75, 3.05) is 31.1 Å². The summed E-state index contributed by atoms with van der Waals surface area (Å²) >= 11 is 1.67. The quantitative estimate of drug-likeness (QED) is 0.934. The van der Waals surface area contributed by atoms with E-state index in [1.165, 1.54) is 0 Å². The molecule has 0 bridgehead atoms. The average Bonchev–Trinajstić information content (AvgIpc) is 2.95. The Balaban J connectivity index is 1.70. The van der Waals surface area contributed by atoms with Gasteiger partial charge in [-0.1, -0.05) is 30.3 Å². The fraction of sp³-hybridized carbons (Fsp3) is 0.375. The van der Waals surface area contributed by atoms with Crippen molar-refractivity contribution >= 4 is 22.4 Å². The van der Waals surface area contributed by atoms with Gasteiger partial charge in [0.2, 0.25) is 5.91 Å². The second kappa shape index (κ2) is 6.46. The number of nitrogens with two attached hydrogens (primary N) is 1. The fourth-order valence-electron chi connectivity index (χ4n) is 2.85. The van der Waals surface area contributed by atoms with Crippen molar-refractivity contribution in [1.82, 2.24) is 9.88 Å². The molecule has 2 aromatic rings. The first-order valence-corrected chi connectivity index (χ1v) is 8.28. The molecule has 6 heteroatoms. The van der Waals surface area contributed by atoms with Crippen LogP contribution in [0.5, 0.6) is 0 Å². The van der Waals surface area contributed by atoms with Crippen LogP contribution >= 0.6 is 11.3 Å². The first-order chi connectivity index (χ1) is 10.6. The number of piperazine rings is 1. The lowest BCUT2D eigenvalue weighted by atomic mass is 10.0. The van der Waals surface area contributed by atoms with E-state index in [1.54, 1.807) is 11.3 Å². The van der Waals surface area contributed by atoms with Crippen LogP contribution in [0.1, 0.15) is 17.3 Å². The first kappa shape index (κ1) is 15.0. The fourth-order valence-corrected chi connectivity index (χ4v) is 3.71. The molecule has 0 unspecified atom stereocenters. The van der Waals surface area contributed by atoms with Crippen molar-refractivity contribution < 1.29 is 4.79 Å². The molecule has 0 radical (unpaired) electrons. The zero-order valence-corrected chi connectivity index (χ0v) is 13.4. The van der Waals surface area contributed by atoms with Crippen LogP contribution in [0, 0.1) is 6.92 Å². The highest BCUT2D eigenvalue weighted by molar-refractivity contribution is 7.13. The van der Waals surface area contributed by atoms with Crippen LogP contribution in [-0.2, 0) is 4.79 Å². The van der Waals surface area contributed by atoms with E-state index in [4.69, 9.17) is 5.73 Å². The van der Waals surface area contributed by atoms with E-state index in [0.717, 1.165) is 42.6 Å². The van der Waals surface area contributed by atoms with Crippen molar-refractivity contribution in [2.24, 2.45) is 5.73 Å². The van der Waals surface area contributed by atoms with Crippen molar-refractivity contribution in [3.63, 3.8) is 0 Å². The maximum absolute atomic E-state index is 11.9. The molecule has 22 heavy (non-hydrogen) atoms. The normalized spacial score (nSPS) is 17.4. The molecule has 0 spiro atoms. The third kappa shape index (κ3) is 3.13. The summed E-state index contributed by atoms with van der Waals surface area (Å²) < 4.78 is 0. The van der Waals surface area contributed by atoms with Gasteiger partial charge in [-0.3, -0.25) is 9.69 Å². The molecule has 1 amide bonds. The third-order valence-corrected chi connectivity index (χ3v) is 4.96. The van der Waals surface area contributed by atoms with E-state index in [9.17, 15) is 4.79 Å². The van der Waals surface area contributed by atoms with E-state index >= 15 is 0 Å². The summed E-state index contributed by atoms with van der Waals surface area (Å²) in [7, 11) is 0. The molecule has 2 N–H and O–H groups in total. The number of primary amides is 1. The molecule has 1 aromatic heterocycles. The summed E-state index contributed by atoms with van der Waals surface area (Å²) in [5.74, 6) is -0.287. The van der Waals surface area contributed by atoms with Crippen LogP contribution in [0.15, 0.2) is 35.7 Å². The second-order valence-electron chi connectivity index (χ2n) is 5.51. The SMILES string of the molecule is Cc1csc(N2CCN([C@H](C(N)=O)c3ccccc3)CC2)n1. The highest BCUT2D eigenvalue weighted by atomic mass is 32.1. The van der Waals surface area contributed by atoms with Gasteiger partial charge in [-0.2, -0.15) is 0 Å². The summed E-state index contributed by atoms with van der Waals surface area (Å²) in [4.78, 5) is 20.9. The molecule has 0 saturated carbocycles. The van der Waals surface area contributed by atoms with Crippen molar-refractivity contribution in [3.8, 4) is 0 Å². The summed E-state index contributed by atoms with van der Waals surface area (Å²) in [5.41, 5.74) is 7.67. The molecule has 1 aliphatic rings. The number of benzene rings is 1. The number of aromatic nitrogens is 1. The zero-order valence-electron chi connectivity index (χ0n) is 12.6. The number of rotatable bonds is 4. The second-order valence-corrected chi connectivity index (χ2v) is 6.35. The summed E-state index contributed by atoms with van der Waals surface area (Å²) in [5, 5.41) is 3.13. The van der Waals surface area contributed by atoms with Gasteiger partial charge < -0.3 is 10.6 Å². The monoisotopic (exact) mass is 316 g/mol. The highest BCUT2D eigenvalue weighted by Gasteiger charge is 2.29. The minimum absolute atomic E-state index is 0.287. The number of thiazole rings is 1. The highest BCUT2D eigenvalue weighted by Crippen LogP contribution is 2.25. The smallest absolute Gasteiger partial charge is 0.239 e. The molecule has 1 aliphatic heterocycles. The van der Waals surface area contributed by atoms with Gasteiger partial charge >= 0.3 is 0 Å². The van der Waals surface area contributed by atoms with Crippen LogP contribution in [0.4, 0.5) is 5.13 Å². The molecule has 116 valence electrons. The Morgan fingerprint density at radius 3 is 2.45 bits per heavy atom. The van der Waals surface area contributed by atoms with Gasteiger partial charge in [0.15, 0.2) is 5.13 Å². The minimum atomic E-state index is -0.346. The number of hydrogen-bond acceptors (Lipinski definition) is 5. The van der Waals surface area contributed by atoms with Crippen LogP contribution in [0.3, 0.4) is 0 Å². The van der Waals surface area contributed by atoms with E-state index < -0.39 is 0 Å². The molecule has 0 aliphatic carbocycles. The van der Waals surface area contributed by atoms with Gasteiger partial charge in [-0.25, -0.2) is 4.98 Å². The number of carbonyl (C=O) groups excluding carboxylic acids is 1. The van der Waals surface area contributed by atoms with Crippen molar-refractivity contribution in [2.45, 2.75) is 13.0 Å². The molecule has 1 aromatic carbocycles. The number of hydrogen-bond donors (Lipinski definition) is 1. The van der Waals surface area contributed by atoms with Gasteiger partial charge in [0.1, 0.15) is 6.04 Å². The van der Waals surface area contributed by atoms with Gasteiger partial charge in [0, 0.05) is 31.6 Å². The van der Waals surface area contributed by atoms with Crippen LogP contribution in [0.25, 0.3) is 0 Å². The summed E-state index contributed by atoms with van der Waals surface area (Å²) in [6, 6.07) is 9.42. The predicted octanol–water partition coefficient (Wildman–Crippen LogP) is 1.80. The first-order valence-electron chi connectivity index (χ1n) is 7.40. The molecule has 1 saturated heterocycles. The molecule has 1 atom stereocenters. The number of carbonyl (C=O) groups is 1. The van der Waals surface area contributed by atoms with E-state index in [2.05, 4.69) is 20.2 Å². The molecule has 3 rings (SSSR count). The van der Waals surface area contributed by atoms with Crippen LogP contribution in [0.2, 0.25) is 0 Å². The lowest BCUT2D eigenvalue weighted by Gasteiger charge is -2.38. The lowest BCUT2D eigenvalue weighted by molar-refractivity contribution is -0.123. The number of aryl methyl sites for hydroxylation is 1. The Hall–Kier alpha value is -1.92. The summed E-state index contributed by atoms with van der Waals surface area (Å²) in [6.45, 7) is 5.35. The molecular weight excluding hydrogens is 296 g/mol. The Morgan fingerprint density at radius 2 is 1.91 bits per heavy atom. The Kier molecular flexibility index (Phi) is 4.40. The minimum Gasteiger partial charge on any atom is -0.368 e. The topological polar surface area (TPSA) is 62.5 Å². The van der Waals surface area contributed by atoms with Crippen molar-refractivity contribution in [3.05, 3.63) is 47.0 Å². The van der Waals surface area contributed by atoms with Crippen LogP contribution < -0.4 is 10.6 Å². The maximum atomic E-state index is 11.9. The van der Waals surface area contributed by atoms with E-state index in [-0.39, 0.29) is 11.9 Å². The van der Waals surface area contributed by atoms with Gasteiger partial charge in [0.25, 0.3) is 0 Å². The molecular formula is C16H20N4OS. The maximum Gasteiger partial charge on any atom is 0.239 e. The average molecular weight is 316 g/mol. The zero-order chi connectivity index (χ0) is 15.5. The predicted molar refractivity (Wildman–Crippen MR) is 89.0 cm³/mol. The standard InChI is InChI=1S/C16H20N4OS/c1-12-11-22-16(18-12)20-9-7-19(8-10-20)14(15(17)21)13-5-3-2-4-6-13/h2-6,11,14H,7-10H2,1H3,(H2,17,21)/t14-/m0/s1. The van der Waals surface area contributed by atoms with Crippen molar-refractivity contribution in [1.29, 1.82) is 0 Å². The molecule has 1 fully saturated rings. The Morgan fingerprint density at radius 1 is 1.23 bits per heavy atom. The van der Waals surface area contributed by atoms with Gasteiger partial charge in [0.05, 0.1) is 5.69 Å². The van der Waals surface area contributed by atoms with Gasteiger partial charge in [-0.15, -0.1) is 11.3 Å². The van der Waals surface area contributed by atoms with E-state index in [1.807, 2.05) is 37.3 Å². The third-order valence-electron chi connectivity index (χ3n) is 3.94. The van der Waals surface area contributed by atoms with E-state index in [0.29, 0.717) is 0 Å². The van der Waals surface area contributed by atoms with Gasteiger partial charge in [-0.05, 0) is 12.5 Å². The number of nitrogens with zero attached hydrogens (tertiary/aromatic N) is 3. The number of anilines is 1. The molecule has 5 nitrogen and oxygen atoms in total.